The van der Waals surface area contributed by atoms with Crippen LogP contribution in [0.2, 0.25) is 0 Å². The van der Waals surface area contributed by atoms with Crippen LogP contribution in [0.4, 0.5) is 0 Å². The molecule has 116 valence electrons. The molecule has 1 aliphatic rings. The Labute approximate surface area is 137 Å². The molecule has 0 saturated heterocycles. The summed E-state index contributed by atoms with van der Waals surface area (Å²) in [5, 5.41) is 13.5. The van der Waals surface area contributed by atoms with E-state index in [2.05, 4.69) is 29.4 Å². The van der Waals surface area contributed by atoms with Gasteiger partial charge in [-0.15, -0.1) is 12.4 Å². The maximum Gasteiger partial charge on any atom is 0.136 e. The molecule has 0 spiro atoms. The van der Waals surface area contributed by atoms with E-state index in [-0.39, 0.29) is 18.5 Å². The molecule has 1 atom stereocenters. The first-order valence-electron chi connectivity index (χ1n) is 7.33. The van der Waals surface area contributed by atoms with Gasteiger partial charge in [-0.2, -0.15) is 0 Å². The lowest BCUT2D eigenvalue weighted by molar-refractivity contribution is 0.0859. The van der Waals surface area contributed by atoms with E-state index in [1.807, 2.05) is 18.2 Å². The zero-order valence-electron chi connectivity index (χ0n) is 12.3. The van der Waals surface area contributed by atoms with Crippen LogP contribution in [0.3, 0.4) is 0 Å². The minimum absolute atomic E-state index is 0. The average molecular weight is 318 g/mol. The number of phenolic OH excluding ortho intramolecular Hbond substituents is 1. The molecule has 1 unspecified atom stereocenters. The highest BCUT2D eigenvalue weighted by atomic mass is 35.5. The van der Waals surface area contributed by atoms with E-state index in [1.54, 1.807) is 12.1 Å². The van der Waals surface area contributed by atoms with E-state index in [1.165, 1.54) is 5.56 Å². The third kappa shape index (κ3) is 4.50. The zero-order valence-corrected chi connectivity index (χ0v) is 13.1. The van der Waals surface area contributed by atoms with Crippen LogP contribution in [-0.2, 0) is 17.7 Å². The van der Waals surface area contributed by atoms with Crippen LogP contribution in [0.25, 0.3) is 0 Å². The highest BCUT2D eigenvalue weighted by molar-refractivity contribution is 5.85. The molecule has 0 bridgehead atoms. The third-order valence-electron chi connectivity index (χ3n) is 3.74. The molecule has 0 fully saturated rings. The minimum atomic E-state index is 0. The molecule has 1 N–H and O–H groups in total. The molecule has 4 heteroatoms. The molecular formula is C18H20ClNO2. The number of nitrogens with zero attached hydrogens (tertiary/aromatic N) is 1. The SMILES string of the molecule is Cl.Oc1ccc(CC2CC(CCc3ccccc3)=NO2)cc1. The summed E-state index contributed by atoms with van der Waals surface area (Å²) < 4.78 is 0. The van der Waals surface area contributed by atoms with Crippen molar-refractivity contribution in [3.05, 3.63) is 65.7 Å². The number of aromatic hydroxyl groups is 1. The second-order valence-corrected chi connectivity index (χ2v) is 5.45. The highest BCUT2D eigenvalue weighted by Gasteiger charge is 2.21. The molecule has 22 heavy (non-hydrogen) atoms. The Morgan fingerprint density at radius 2 is 1.68 bits per heavy atom. The first-order valence-corrected chi connectivity index (χ1v) is 7.33. The lowest BCUT2D eigenvalue weighted by Gasteiger charge is -2.08. The monoisotopic (exact) mass is 317 g/mol. The number of hydrogen-bond acceptors (Lipinski definition) is 3. The first kappa shape index (κ1) is 16.4. The van der Waals surface area contributed by atoms with Crippen LogP contribution in [0.15, 0.2) is 59.8 Å². The molecule has 0 aromatic heterocycles. The van der Waals surface area contributed by atoms with Gasteiger partial charge in [-0.05, 0) is 36.1 Å². The fraction of sp³-hybridized carbons (Fsp3) is 0.278. The van der Waals surface area contributed by atoms with Crippen molar-refractivity contribution in [2.24, 2.45) is 5.16 Å². The van der Waals surface area contributed by atoms with Gasteiger partial charge in [0.2, 0.25) is 0 Å². The first-order chi connectivity index (χ1) is 10.3. The maximum atomic E-state index is 9.28. The summed E-state index contributed by atoms with van der Waals surface area (Å²) in [4.78, 5) is 5.51. The van der Waals surface area contributed by atoms with Gasteiger partial charge < -0.3 is 9.94 Å². The molecule has 3 rings (SSSR count). The van der Waals surface area contributed by atoms with E-state index in [9.17, 15) is 5.11 Å². The van der Waals surface area contributed by atoms with Crippen molar-refractivity contribution < 1.29 is 9.94 Å². The van der Waals surface area contributed by atoms with Gasteiger partial charge in [-0.1, -0.05) is 47.6 Å². The Hall–Kier alpha value is -2.00. The Morgan fingerprint density at radius 1 is 0.955 bits per heavy atom. The lowest BCUT2D eigenvalue weighted by Crippen LogP contribution is -2.11. The van der Waals surface area contributed by atoms with E-state index in [4.69, 9.17) is 4.84 Å². The molecule has 2 aromatic carbocycles. The Kier molecular flexibility index (Phi) is 5.84. The number of halogens is 1. The van der Waals surface area contributed by atoms with E-state index >= 15 is 0 Å². The molecule has 3 nitrogen and oxygen atoms in total. The van der Waals surface area contributed by atoms with Crippen LogP contribution in [0, 0.1) is 0 Å². The largest absolute Gasteiger partial charge is 0.508 e. The highest BCUT2D eigenvalue weighted by Crippen LogP contribution is 2.20. The smallest absolute Gasteiger partial charge is 0.136 e. The standard InChI is InChI=1S/C18H19NO2.ClH/c20-17-10-7-15(8-11-17)12-18-13-16(19-21-18)9-6-14-4-2-1-3-5-14;/h1-5,7-8,10-11,18,20H,6,9,12-13H2;1H. The topological polar surface area (TPSA) is 41.8 Å². The summed E-state index contributed by atoms with van der Waals surface area (Å²) in [7, 11) is 0. The zero-order chi connectivity index (χ0) is 14.5. The van der Waals surface area contributed by atoms with Crippen LogP contribution >= 0.6 is 12.4 Å². The second-order valence-electron chi connectivity index (χ2n) is 5.45. The van der Waals surface area contributed by atoms with Crippen LogP contribution in [-0.4, -0.2) is 16.9 Å². The van der Waals surface area contributed by atoms with E-state index < -0.39 is 0 Å². The van der Waals surface area contributed by atoms with Gasteiger partial charge in [-0.3, -0.25) is 0 Å². The van der Waals surface area contributed by atoms with Crippen LogP contribution < -0.4 is 0 Å². The molecule has 0 aliphatic carbocycles. The summed E-state index contributed by atoms with van der Waals surface area (Å²) in [6, 6.07) is 17.7. The van der Waals surface area contributed by atoms with Crippen LogP contribution in [0.1, 0.15) is 24.0 Å². The van der Waals surface area contributed by atoms with Crippen LogP contribution in [0.5, 0.6) is 5.75 Å². The molecule has 1 aliphatic heterocycles. The Bertz CT molecular complexity index is 611. The fourth-order valence-electron chi connectivity index (χ4n) is 2.57. The summed E-state index contributed by atoms with van der Waals surface area (Å²) in [5.41, 5.74) is 3.64. The average Bonchev–Trinajstić information content (AvgIpc) is 2.96. The van der Waals surface area contributed by atoms with Crippen molar-refractivity contribution in [3.63, 3.8) is 0 Å². The van der Waals surface area contributed by atoms with Gasteiger partial charge in [0.25, 0.3) is 0 Å². The third-order valence-corrected chi connectivity index (χ3v) is 3.74. The molecular weight excluding hydrogens is 298 g/mol. The second kappa shape index (κ2) is 7.85. The van der Waals surface area contributed by atoms with Gasteiger partial charge in [0.15, 0.2) is 0 Å². The predicted octanol–water partition coefficient (Wildman–Crippen LogP) is 4.13. The van der Waals surface area contributed by atoms with Crippen molar-refractivity contribution in [1.82, 2.24) is 0 Å². The molecule has 0 saturated carbocycles. The molecule has 1 heterocycles. The molecule has 2 aromatic rings. The summed E-state index contributed by atoms with van der Waals surface area (Å²) in [6.07, 6.45) is 3.82. The van der Waals surface area contributed by atoms with Crippen molar-refractivity contribution in [1.29, 1.82) is 0 Å². The fourth-order valence-corrected chi connectivity index (χ4v) is 2.57. The van der Waals surface area contributed by atoms with Crippen molar-refractivity contribution >= 4 is 18.1 Å². The number of hydrogen-bond donors (Lipinski definition) is 1. The summed E-state index contributed by atoms with van der Waals surface area (Å²) >= 11 is 0. The molecule has 0 radical (unpaired) electrons. The van der Waals surface area contributed by atoms with E-state index in [0.717, 1.165) is 37.0 Å². The number of rotatable bonds is 5. The Morgan fingerprint density at radius 3 is 2.41 bits per heavy atom. The maximum absolute atomic E-state index is 9.28. The van der Waals surface area contributed by atoms with Crippen molar-refractivity contribution in [3.8, 4) is 5.75 Å². The Balaban J connectivity index is 0.00000176. The predicted molar refractivity (Wildman–Crippen MR) is 90.7 cm³/mol. The van der Waals surface area contributed by atoms with Gasteiger partial charge in [-0.25, -0.2) is 0 Å². The number of phenols is 1. The number of oxime groups is 1. The summed E-state index contributed by atoms with van der Waals surface area (Å²) in [6.45, 7) is 0. The van der Waals surface area contributed by atoms with Gasteiger partial charge >= 0.3 is 0 Å². The summed E-state index contributed by atoms with van der Waals surface area (Å²) in [5.74, 6) is 0.297. The quantitative estimate of drug-likeness (QED) is 0.900. The minimum Gasteiger partial charge on any atom is -0.508 e. The number of aryl methyl sites for hydroxylation is 1. The normalized spacial score (nSPS) is 16.5. The molecule has 0 amide bonds. The number of benzene rings is 2. The lowest BCUT2D eigenvalue weighted by atomic mass is 10.0. The van der Waals surface area contributed by atoms with E-state index in [0.29, 0.717) is 5.75 Å². The van der Waals surface area contributed by atoms with Gasteiger partial charge in [0, 0.05) is 12.8 Å². The van der Waals surface area contributed by atoms with Crippen molar-refractivity contribution in [2.45, 2.75) is 31.8 Å². The van der Waals surface area contributed by atoms with Gasteiger partial charge in [0.05, 0.1) is 5.71 Å². The van der Waals surface area contributed by atoms with Crippen molar-refractivity contribution in [2.75, 3.05) is 0 Å². The van der Waals surface area contributed by atoms with Gasteiger partial charge in [0.1, 0.15) is 11.9 Å².